The lowest BCUT2D eigenvalue weighted by molar-refractivity contribution is 0.471. The van der Waals surface area contributed by atoms with Gasteiger partial charge in [-0.2, -0.15) is 0 Å². The molecule has 2 N–H and O–H groups in total. The Morgan fingerprint density at radius 1 is 1.25 bits per heavy atom. The molecule has 1 heterocycles. The molecule has 2 rings (SSSR count). The first-order valence-electron chi connectivity index (χ1n) is 4.40. The van der Waals surface area contributed by atoms with Crippen molar-refractivity contribution in [1.82, 2.24) is 9.97 Å². The molecule has 0 atom stereocenters. The molecule has 0 saturated carbocycles. The van der Waals surface area contributed by atoms with Gasteiger partial charge in [-0.25, -0.2) is 0 Å². The Balaban J connectivity index is 2.30. The summed E-state index contributed by atoms with van der Waals surface area (Å²) in [5.41, 5.74) is -0.345. The number of aromatic amines is 2. The Labute approximate surface area is 110 Å². The lowest BCUT2D eigenvalue weighted by atomic mass is 10.3. The first-order chi connectivity index (χ1) is 7.65. The van der Waals surface area contributed by atoms with E-state index < -0.39 is 0 Å². The summed E-state index contributed by atoms with van der Waals surface area (Å²) < 4.78 is 6.78. The highest BCUT2D eigenvalue weighted by atomic mass is 127. The molecule has 2 aromatic rings. The zero-order valence-corrected chi connectivity index (χ0v) is 11.0. The van der Waals surface area contributed by atoms with Crippen LogP contribution < -0.4 is 10.3 Å². The van der Waals surface area contributed by atoms with Gasteiger partial charge in [0.1, 0.15) is 5.75 Å². The Morgan fingerprint density at radius 3 is 2.56 bits per heavy atom. The molecule has 0 radical (unpaired) electrons. The third-order valence-electron chi connectivity index (χ3n) is 1.83. The maximum atomic E-state index is 11.4. The number of H-pyrrole nitrogens is 2. The van der Waals surface area contributed by atoms with Crippen molar-refractivity contribution in [3.8, 4) is 11.5 Å². The van der Waals surface area contributed by atoms with Gasteiger partial charge in [0.05, 0.1) is 6.20 Å². The Kier molecular flexibility index (Phi) is 3.39. The zero-order valence-electron chi connectivity index (χ0n) is 7.99. The van der Waals surface area contributed by atoms with Crippen LogP contribution in [0.3, 0.4) is 0 Å². The van der Waals surface area contributed by atoms with E-state index in [0.29, 0.717) is 5.75 Å². The maximum absolute atomic E-state index is 11.4. The summed E-state index contributed by atoms with van der Waals surface area (Å²) in [6.45, 7) is 0. The minimum absolute atomic E-state index is 0.190. The van der Waals surface area contributed by atoms with E-state index in [9.17, 15) is 4.79 Å². The minimum Gasteiger partial charge on any atom is -0.450 e. The van der Waals surface area contributed by atoms with Gasteiger partial charge in [-0.05, 0) is 59.1 Å². The molecule has 0 bridgehead atoms. The van der Waals surface area contributed by atoms with E-state index in [1.54, 1.807) is 12.1 Å². The van der Waals surface area contributed by atoms with Gasteiger partial charge < -0.3 is 9.72 Å². The summed E-state index contributed by atoms with van der Waals surface area (Å²) in [6, 6.07) is 7.39. The van der Waals surface area contributed by atoms with Crippen LogP contribution in [0, 0.1) is 8.34 Å². The molecular weight excluding hydrogens is 339 g/mol. The topological polar surface area (TPSA) is 57.9 Å². The summed E-state index contributed by atoms with van der Waals surface area (Å²) in [5, 5.41) is 0. The Morgan fingerprint density at radius 2 is 1.94 bits per heavy atom. The largest absolute Gasteiger partial charge is 0.450 e. The predicted molar refractivity (Wildman–Crippen MR) is 71.5 cm³/mol. The van der Waals surface area contributed by atoms with Crippen LogP contribution in [0.5, 0.6) is 11.5 Å². The average molecular weight is 346 g/mol. The fourth-order valence-corrected chi connectivity index (χ4v) is 1.61. The molecule has 0 amide bonds. The van der Waals surface area contributed by atoms with Crippen molar-refractivity contribution in [3.05, 3.63) is 49.2 Å². The van der Waals surface area contributed by atoms with E-state index in [-0.39, 0.29) is 16.1 Å². The van der Waals surface area contributed by atoms with Crippen LogP contribution >= 0.6 is 34.8 Å². The highest BCUT2D eigenvalue weighted by molar-refractivity contribution is 14.1. The summed E-state index contributed by atoms with van der Waals surface area (Å²) in [7, 11) is 0. The van der Waals surface area contributed by atoms with E-state index in [1.807, 2.05) is 12.1 Å². The Bertz CT molecular complexity index is 603. The second kappa shape index (κ2) is 4.79. The molecule has 0 aliphatic heterocycles. The van der Waals surface area contributed by atoms with Gasteiger partial charge in [0.25, 0.3) is 5.56 Å². The molecule has 1 aromatic heterocycles. The molecule has 6 heteroatoms. The van der Waals surface area contributed by atoms with Crippen molar-refractivity contribution in [2.45, 2.75) is 0 Å². The lowest BCUT2D eigenvalue weighted by Crippen LogP contribution is -2.09. The van der Waals surface area contributed by atoms with E-state index in [1.165, 1.54) is 6.20 Å². The monoisotopic (exact) mass is 346 g/mol. The van der Waals surface area contributed by atoms with Crippen LogP contribution in [0.4, 0.5) is 0 Å². The summed E-state index contributed by atoms with van der Waals surface area (Å²) in [4.78, 5) is 16.6. The number of benzene rings is 1. The van der Waals surface area contributed by atoms with Gasteiger partial charge in [-0.3, -0.25) is 9.78 Å². The SMILES string of the molecule is O=c1[nH]c(=S)[nH]cc1Oc1ccc(I)cc1. The maximum Gasteiger partial charge on any atom is 0.294 e. The van der Waals surface area contributed by atoms with Crippen LogP contribution in [0.1, 0.15) is 0 Å². The highest BCUT2D eigenvalue weighted by Gasteiger charge is 2.01. The van der Waals surface area contributed by atoms with Crippen molar-refractivity contribution in [2.75, 3.05) is 0 Å². The van der Waals surface area contributed by atoms with Crippen LogP contribution in [-0.2, 0) is 0 Å². The number of aromatic nitrogens is 2. The molecule has 0 spiro atoms. The van der Waals surface area contributed by atoms with E-state index in [0.717, 1.165) is 3.57 Å². The highest BCUT2D eigenvalue weighted by Crippen LogP contribution is 2.18. The molecule has 0 aliphatic carbocycles. The minimum atomic E-state index is -0.345. The number of hydrogen-bond acceptors (Lipinski definition) is 3. The standard InChI is InChI=1S/C10H7IN2O2S/c11-6-1-3-7(4-2-6)15-8-5-12-10(16)13-9(8)14/h1-5H,(H2,12,13,14,16). The molecule has 0 aliphatic rings. The zero-order chi connectivity index (χ0) is 11.5. The quantitative estimate of drug-likeness (QED) is 0.650. The summed E-state index contributed by atoms with van der Waals surface area (Å²) in [5.74, 6) is 0.797. The van der Waals surface area contributed by atoms with Gasteiger partial charge >= 0.3 is 0 Å². The summed E-state index contributed by atoms with van der Waals surface area (Å²) >= 11 is 6.97. The molecule has 0 saturated heterocycles. The fraction of sp³-hybridized carbons (Fsp3) is 0. The van der Waals surface area contributed by atoms with E-state index >= 15 is 0 Å². The second-order valence-corrected chi connectivity index (χ2v) is 4.65. The van der Waals surface area contributed by atoms with Crippen LogP contribution in [0.25, 0.3) is 0 Å². The second-order valence-electron chi connectivity index (χ2n) is 2.99. The molecule has 16 heavy (non-hydrogen) atoms. The van der Waals surface area contributed by atoms with Crippen molar-refractivity contribution >= 4 is 34.8 Å². The van der Waals surface area contributed by atoms with E-state index in [4.69, 9.17) is 17.0 Å². The fourth-order valence-electron chi connectivity index (χ4n) is 1.10. The average Bonchev–Trinajstić information content (AvgIpc) is 2.25. The van der Waals surface area contributed by atoms with Gasteiger partial charge in [0.15, 0.2) is 4.77 Å². The third-order valence-corrected chi connectivity index (χ3v) is 2.77. The van der Waals surface area contributed by atoms with E-state index in [2.05, 4.69) is 32.6 Å². The number of halogens is 1. The van der Waals surface area contributed by atoms with Crippen LogP contribution in [0.2, 0.25) is 0 Å². The third kappa shape index (κ3) is 2.70. The summed E-state index contributed by atoms with van der Waals surface area (Å²) in [6.07, 6.45) is 1.44. The predicted octanol–water partition coefficient (Wildman–Crippen LogP) is 2.83. The number of nitrogens with one attached hydrogen (secondary N) is 2. The van der Waals surface area contributed by atoms with Crippen LogP contribution in [-0.4, -0.2) is 9.97 Å². The first kappa shape index (κ1) is 11.3. The molecule has 82 valence electrons. The molecule has 0 unspecified atom stereocenters. The smallest absolute Gasteiger partial charge is 0.294 e. The van der Waals surface area contributed by atoms with Gasteiger partial charge in [0.2, 0.25) is 5.75 Å². The molecule has 1 aromatic carbocycles. The molecular formula is C10H7IN2O2S. The number of rotatable bonds is 2. The van der Waals surface area contributed by atoms with Gasteiger partial charge in [0, 0.05) is 3.57 Å². The van der Waals surface area contributed by atoms with Gasteiger partial charge in [-0.15, -0.1) is 0 Å². The van der Waals surface area contributed by atoms with Crippen LogP contribution in [0.15, 0.2) is 35.3 Å². The van der Waals surface area contributed by atoms with Crippen molar-refractivity contribution in [3.63, 3.8) is 0 Å². The lowest BCUT2D eigenvalue weighted by Gasteiger charge is -2.03. The van der Waals surface area contributed by atoms with Crippen molar-refractivity contribution in [2.24, 2.45) is 0 Å². The molecule has 0 fully saturated rings. The normalized spacial score (nSPS) is 10.1. The van der Waals surface area contributed by atoms with Crippen molar-refractivity contribution < 1.29 is 4.74 Å². The van der Waals surface area contributed by atoms with Crippen molar-refractivity contribution in [1.29, 1.82) is 0 Å². The first-order valence-corrected chi connectivity index (χ1v) is 5.89. The van der Waals surface area contributed by atoms with Gasteiger partial charge in [-0.1, -0.05) is 0 Å². The number of hydrogen-bond donors (Lipinski definition) is 2. The molecule has 4 nitrogen and oxygen atoms in total. The number of ether oxygens (including phenoxy) is 1. The Hall–Kier alpha value is -1.15.